The van der Waals surface area contributed by atoms with Crippen LogP contribution < -0.4 is 14.2 Å². The number of amides is 1. The number of aromatic nitrogens is 2. The number of nitrogens with zero attached hydrogens (tertiary/aromatic N) is 4. The average Bonchev–Trinajstić information content (AvgIpc) is 3.52. The van der Waals surface area contributed by atoms with Gasteiger partial charge >= 0.3 is 6.18 Å². The number of alkyl halides is 3. The fraction of sp³-hybridized carbons (Fsp3) is 0.361. The van der Waals surface area contributed by atoms with E-state index in [0.717, 1.165) is 37.1 Å². The molecule has 0 radical (unpaired) electrons. The highest BCUT2D eigenvalue weighted by atomic mass is 32.2. The molecule has 2 aliphatic heterocycles. The van der Waals surface area contributed by atoms with E-state index in [1.54, 1.807) is 59.5 Å². The van der Waals surface area contributed by atoms with Gasteiger partial charge in [0.1, 0.15) is 18.1 Å². The van der Waals surface area contributed by atoms with Crippen molar-refractivity contribution in [1.29, 1.82) is 0 Å². The fourth-order valence-electron chi connectivity index (χ4n) is 6.29. The Kier molecular flexibility index (Phi) is 10.6. The molecule has 3 heterocycles. The highest BCUT2D eigenvalue weighted by molar-refractivity contribution is 7.91. The Morgan fingerprint density at radius 3 is 2.30 bits per heavy atom. The van der Waals surface area contributed by atoms with E-state index >= 15 is 0 Å². The second-order valence-electron chi connectivity index (χ2n) is 12.6. The summed E-state index contributed by atoms with van der Waals surface area (Å²) in [5.74, 6) is 0.494. The molecule has 0 spiro atoms. The molecule has 2 aliphatic rings. The molecule has 0 saturated carbocycles. The third-order valence-corrected chi connectivity index (χ3v) is 10.3. The first-order chi connectivity index (χ1) is 23.9. The Balaban J connectivity index is 1.09. The standard InChI is InChI=1S/C36H38F3N5O5S/c1-43-19-5-8-29(43)23-48-32-14-11-28(22-31(32)42-50(46,47)24-25-6-3-2-4-7-25)35(45)44-20-17-27(18-21-44)26-9-12-30(13-10-26)49-34-16-15-33(40-41-34)36(37,38)39/h2-4,6-7,9-16,22,27,29,42H,5,8,17-21,23-24H2,1H3/t29-/m0/s1. The molecule has 264 valence electrons. The molecule has 0 unspecified atom stereocenters. The number of benzene rings is 3. The highest BCUT2D eigenvalue weighted by Gasteiger charge is 2.33. The van der Waals surface area contributed by atoms with E-state index < -0.39 is 21.9 Å². The molecule has 4 aromatic rings. The maximum Gasteiger partial charge on any atom is 0.435 e. The maximum atomic E-state index is 13.7. The minimum Gasteiger partial charge on any atom is -0.490 e. The summed E-state index contributed by atoms with van der Waals surface area (Å²) in [5, 5.41) is 6.68. The van der Waals surface area contributed by atoms with Crippen molar-refractivity contribution in [3.8, 4) is 17.4 Å². The Hall–Kier alpha value is -4.69. The molecule has 1 atom stereocenters. The summed E-state index contributed by atoms with van der Waals surface area (Å²) >= 11 is 0. The van der Waals surface area contributed by atoms with Crippen molar-refractivity contribution in [2.45, 2.75) is 49.6 Å². The lowest BCUT2D eigenvalue weighted by molar-refractivity contribution is -0.141. The highest BCUT2D eigenvalue weighted by Crippen LogP contribution is 2.33. The molecule has 1 amide bonds. The number of likely N-dealkylation sites (N-methyl/N-ethyl adjacent to an activating group) is 1. The van der Waals surface area contributed by atoms with Crippen LogP contribution in [0.15, 0.2) is 84.9 Å². The van der Waals surface area contributed by atoms with Crippen LogP contribution in [-0.2, 0) is 22.0 Å². The van der Waals surface area contributed by atoms with E-state index in [1.165, 1.54) is 0 Å². The van der Waals surface area contributed by atoms with Crippen molar-refractivity contribution in [2.24, 2.45) is 0 Å². The van der Waals surface area contributed by atoms with Crippen LogP contribution in [0.5, 0.6) is 17.4 Å². The van der Waals surface area contributed by atoms with E-state index in [-0.39, 0.29) is 35.2 Å². The van der Waals surface area contributed by atoms with E-state index in [2.05, 4.69) is 19.8 Å². The van der Waals surface area contributed by atoms with Crippen LogP contribution in [0.25, 0.3) is 0 Å². The van der Waals surface area contributed by atoms with Crippen LogP contribution in [0, 0.1) is 0 Å². The fourth-order valence-corrected chi connectivity index (χ4v) is 7.49. The van der Waals surface area contributed by atoms with Gasteiger partial charge in [0.05, 0.1) is 11.4 Å². The van der Waals surface area contributed by atoms with Crippen LogP contribution in [0.1, 0.15) is 58.8 Å². The molecule has 0 bridgehead atoms. The number of likely N-dealkylation sites (tertiary alicyclic amines) is 2. The van der Waals surface area contributed by atoms with Crippen LogP contribution in [0.2, 0.25) is 0 Å². The van der Waals surface area contributed by atoms with Crippen molar-refractivity contribution in [1.82, 2.24) is 20.0 Å². The monoisotopic (exact) mass is 709 g/mol. The molecule has 1 N–H and O–H groups in total. The van der Waals surface area contributed by atoms with Gasteiger partial charge in [0.25, 0.3) is 5.91 Å². The normalized spacial score (nSPS) is 17.4. The summed E-state index contributed by atoms with van der Waals surface area (Å²) in [6.07, 6.45) is -1.09. The van der Waals surface area contributed by atoms with E-state index in [0.29, 0.717) is 55.2 Å². The van der Waals surface area contributed by atoms with Crippen molar-refractivity contribution in [3.63, 3.8) is 0 Å². The van der Waals surface area contributed by atoms with Crippen LogP contribution in [0.4, 0.5) is 18.9 Å². The molecule has 6 rings (SSSR count). The summed E-state index contributed by atoms with van der Waals surface area (Å²) in [6, 6.07) is 23.2. The topological polar surface area (TPSA) is 114 Å². The largest absolute Gasteiger partial charge is 0.490 e. The van der Waals surface area contributed by atoms with Gasteiger partial charge in [-0.3, -0.25) is 9.52 Å². The number of anilines is 1. The number of carbonyl (C=O) groups excluding carboxylic acids is 1. The zero-order valence-corrected chi connectivity index (χ0v) is 28.3. The predicted octanol–water partition coefficient (Wildman–Crippen LogP) is 6.72. The number of carbonyl (C=O) groups is 1. The first-order valence-corrected chi connectivity index (χ1v) is 18.1. The smallest absolute Gasteiger partial charge is 0.435 e. The van der Waals surface area contributed by atoms with Gasteiger partial charge in [0, 0.05) is 30.8 Å². The molecular weight excluding hydrogens is 671 g/mol. The molecule has 14 heteroatoms. The number of ether oxygens (including phenoxy) is 2. The number of hydrogen-bond acceptors (Lipinski definition) is 8. The molecule has 50 heavy (non-hydrogen) atoms. The number of rotatable bonds is 11. The minimum atomic E-state index is -4.58. The Bertz CT molecular complexity index is 1870. The van der Waals surface area contributed by atoms with Crippen LogP contribution >= 0.6 is 0 Å². The third kappa shape index (κ3) is 8.90. The molecule has 1 aromatic heterocycles. The number of nitrogens with one attached hydrogen (secondary N) is 1. The number of sulfonamides is 1. The van der Waals surface area contributed by atoms with Gasteiger partial charge in [0.2, 0.25) is 15.9 Å². The molecule has 2 saturated heterocycles. The molecule has 2 fully saturated rings. The minimum absolute atomic E-state index is 0.0502. The quantitative estimate of drug-likeness (QED) is 0.183. The first-order valence-electron chi connectivity index (χ1n) is 16.4. The van der Waals surface area contributed by atoms with Crippen molar-refractivity contribution >= 4 is 21.6 Å². The molecule has 10 nitrogen and oxygen atoms in total. The van der Waals surface area contributed by atoms with Crippen molar-refractivity contribution in [2.75, 3.05) is 38.0 Å². The van der Waals surface area contributed by atoms with Gasteiger partial charge in [-0.15, -0.1) is 10.2 Å². The lowest BCUT2D eigenvalue weighted by Crippen LogP contribution is -2.38. The Labute approximate surface area is 289 Å². The number of piperidine rings is 1. The predicted molar refractivity (Wildman–Crippen MR) is 182 cm³/mol. The van der Waals surface area contributed by atoms with Crippen LogP contribution in [0.3, 0.4) is 0 Å². The second kappa shape index (κ2) is 15.1. The summed E-state index contributed by atoms with van der Waals surface area (Å²) in [7, 11) is -1.77. The molecule has 0 aliphatic carbocycles. The SMILES string of the molecule is CN1CCC[C@H]1COc1ccc(C(=O)N2CCC(c3ccc(Oc4ccc(C(F)(F)F)nn4)cc3)CC2)cc1NS(=O)(=O)Cc1ccccc1. The Morgan fingerprint density at radius 2 is 1.66 bits per heavy atom. The third-order valence-electron chi connectivity index (χ3n) is 9.08. The lowest BCUT2D eigenvalue weighted by Gasteiger charge is -2.32. The molecular formula is C36H38F3N5O5S. The van der Waals surface area contributed by atoms with Gasteiger partial charge < -0.3 is 19.3 Å². The zero-order chi connectivity index (χ0) is 35.3. The van der Waals surface area contributed by atoms with Gasteiger partial charge in [0.15, 0.2) is 5.69 Å². The van der Waals surface area contributed by atoms with E-state index in [1.807, 2.05) is 25.2 Å². The second-order valence-corrected chi connectivity index (χ2v) is 14.4. The van der Waals surface area contributed by atoms with Crippen molar-refractivity contribution in [3.05, 3.63) is 107 Å². The van der Waals surface area contributed by atoms with Crippen LogP contribution in [-0.4, -0.2) is 73.7 Å². The van der Waals surface area contributed by atoms with Gasteiger partial charge in [-0.1, -0.05) is 42.5 Å². The van der Waals surface area contributed by atoms with Crippen molar-refractivity contribution < 1.29 is 35.9 Å². The molecule has 3 aromatic carbocycles. The summed E-state index contributed by atoms with van der Waals surface area (Å²) in [6.45, 7) is 2.39. The Morgan fingerprint density at radius 1 is 0.920 bits per heavy atom. The average molecular weight is 710 g/mol. The van der Waals surface area contributed by atoms with E-state index in [4.69, 9.17) is 9.47 Å². The lowest BCUT2D eigenvalue weighted by atomic mass is 9.89. The van der Waals surface area contributed by atoms with Gasteiger partial charge in [-0.25, -0.2) is 8.42 Å². The zero-order valence-electron chi connectivity index (χ0n) is 27.5. The number of halogens is 3. The summed E-state index contributed by atoms with van der Waals surface area (Å²) < 4.78 is 79.1. The number of hydrogen-bond donors (Lipinski definition) is 1. The summed E-state index contributed by atoms with van der Waals surface area (Å²) in [4.78, 5) is 17.7. The van der Waals surface area contributed by atoms with Gasteiger partial charge in [-0.2, -0.15) is 13.2 Å². The maximum absolute atomic E-state index is 13.7. The van der Waals surface area contributed by atoms with E-state index in [9.17, 15) is 26.4 Å². The first kappa shape index (κ1) is 35.1. The van der Waals surface area contributed by atoms with Gasteiger partial charge in [-0.05, 0) is 92.7 Å². The summed E-state index contributed by atoms with van der Waals surface area (Å²) in [5.41, 5.74) is 1.18.